The van der Waals surface area contributed by atoms with E-state index in [0.717, 1.165) is 14.9 Å². The van der Waals surface area contributed by atoms with Gasteiger partial charge in [-0.1, -0.05) is 51.3 Å². The van der Waals surface area contributed by atoms with E-state index < -0.39 is 19.2 Å². The summed E-state index contributed by atoms with van der Waals surface area (Å²) in [5.41, 5.74) is 0.0308. The van der Waals surface area contributed by atoms with Crippen molar-refractivity contribution in [1.82, 2.24) is 9.80 Å². The number of rotatable bonds is 6. The van der Waals surface area contributed by atoms with Gasteiger partial charge in [0.15, 0.2) is 0 Å². The minimum Gasteiger partial charge on any atom is -0.324 e. The van der Waals surface area contributed by atoms with E-state index in [-0.39, 0.29) is 18.2 Å². The Morgan fingerprint density at radius 3 is 2.17 bits per heavy atom. The number of nitrogens with zero attached hydrogens (tertiary/aromatic N) is 3. The summed E-state index contributed by atoms with van der Waals surface area (Å²) in [4.78, 5) is 50.8. The Morgan fingerprint density at radius 2 is 1.63 bits per heavy atom. The normalized spacial score (nSPS) is 22.3. The first-order chi connectivity index (χ1) is 16.4. The lowest BCUT2D eigenvalue weighted by Gasteiger charge is -2.42. The highest BCUT2D eigenvalue weighted by Gasteiger charge is 2.57. The predicted octanol–water partition coefficient (Wildman–Crippen LogP) is 5.13. The molecule has 0 aliphatic carbocycles. The van der Waals surface area contributed by atoms with Crippen LogP contribution in [0.2, 0.25) is 10.0 Å². The van der Waals surface area contributed by atoms with Crippen molar-refractivity contribution in [1.29, 1.82) is 0 Å². The molecule has 0 saturated carbocycles. The van der Waals surface area contributed by atoms with Crippen LogP contribution in [0.15, 0.2) is 46.9 Å². The van der Waals surface area contributed by atoms with Crippen LogP contribution in [-0.4, -0.2) is 62.5 Å². The molecule has 35 heavy (non-hydrogen) atoms. The molecule has 0 bridgehead atoms. The fourth-order valence-corrected chi connectivity index (χ4v) is 6.53. The summed E-state index contributed by atoms with van der Waals surface area (Å²) >= 11 is 15.8. The van der Waals surface area contributed by atoms with Gasteiger partial charge in [-0.15, -0.1) is 0 Å². The molecule has 12 heteroatoms. The van der Waals surface area contributed by atoms with Crippen LogP contribution in [0.5, 0.6) is 0 Å². The molecule has 2 N–H and O–H groups in total. The molecule has 2 aliphatic heterocycles. The minimum absolute atomic E-state index is 0.278. The highest BCUT2D eigenvalue weighted by atomic mass is 79.9. The summed E-state index contributed by atoms with van der Waals surface area (Å²) in [7, 11) is -4.18. The maximum absolute atomic E-state index is 13.9. The first-order valence-corrected chi connectivity index (χ1v) is 14.4. The van der Waals surface area contributed by atoms with Gasteiger partial charge in [0.05, 0.1) is 5.69 Å². The second-order valence-corrected chi connectivity index (χ2v) is 12.6. The average Bonchev–Trinajstić information content (AvgIpc) is 2.94. The third-order valence-corrected chi connectivity index (χ3v) is 8.20. The lowest BCUT2D eigenvalue weighted by molar-refractivity contribution is -0.125. The zero-order chi connectivity index (χ0) is 25.5. The molecule has 0 aromatic heterocycles. The number of urea groups is 1. The Labute approximate surface area is 222 Å². The molecule has 3 amide bonds. The lowest BCUT2D eigenvalue weighted by Crippen LogP contribution is -2.56. The van der Waals surface area contributed by atoms with Gasteiger partial charge in [-0.3, -0.25) is 14.3 Å². The molecule has 2 aromatic rings. The van der Waals surface area contributed by atoms with Gasteiger partial charge in [-0.2, -0.15) is 0 Å². The van der Waals surface area contributed by atoms with Gasteiger partial charge in [-0.05, 0) is 55.7 Å². The number of piperidine rings is 1. The Kier molecular flexibility index (Phi) is 7.70. The van der Waals surface area contributed by atoms with E-state index in [9.17, 15) is 23.9 Å². The minimum atomic E-state index is -4.18. The number of halogens is 3. The second kappa shape index (κ2) is 10.1. The van der Waals surface area contributed by atoms with Crippen LogP contribution < -0.4 is 4.90 Å². The van der Waals surface area contributed by atoms with Crippen molar-refractivity contribution < 1.29 is 23.9 Å². The Balaban J connectivity index is 1.68. The van der Waals surface area contributed by atoms with Crippen LogP contribution in [-0.2, 0) is 15.8 Å². The Morgan fingerprint density at radius 1 is 1.06 bits per heavy atom. The van der Waals surface area contributed by atoms with E-state index in [1.54, 1.807) is 16.7 Å². The smallest absolute Gasteiger partial charge is 0.324 e. The zero-order valence-electron chi connectivity index (χ0n) is 18.9. The average molecular weight is 605 g/mol. The van der Waals surface area contributed by atoms with Gasteiger partial charge in [-0.25, -0.2) is 9.69 Å². The quantitative estimate of drug-likeness (QED) is 0.350. The van der Waals surface area contributed by atoms with Gasteiger partial charge in [0.2, 0.25) is 0 Å². The highest BCUT2D eigenvalue weighted by Crippen LogP contribution is 2.41. The Hall–Kier alpha value is -1.45. The van der Waals surface area contributed by atoms with E-state index in [1.807, 2.05) is 24.3 Å². The summed E-state index contributed by atoms with van der Waals surface area (Å²) in [6, 6.07) is 11.5. The zero-order valence-corrected chi connectivity index (χ0v) is 22.9. The summed E-state index contributed by atoms with van der Waals surface area (Å²) in [5.74, 6) is -0.374. The van der Waals surface area contributed by atoms with Crippen molar-refractivity contribution in [2.24, 2.45) is 0 Å². The number of likely N-dealkylation sites (tertiary alicyclic amines) is 1. The molecule has 2 aliphatic rings. The standard InChI is InChI=1S/C23H25BrCl2N3O5P/c1-23(13-15-2-4-16(24)5-3-15)21(30)28(20-11-17(25)10-18(26)12-20)22(31)29(23)19-6-8-27(9-7-19)14-35(32,33)34/h2-5,10-12,19H,6-9,13-14H2,1H3,(H2,32,33,34). The largest absolute Gasteiger partial charge is 0.339 e. The lowest BCUT2D eigenvalue weighted by atomic mass is 9.88. The molecule has 188 valence electrons. The van der Waals surface area contributed by atoms with Gasteiger partial charge < -0.3 is 14.7 Å². The Bertz CT molecular complexity index is 1170. The van der Waals surface area contributed by atoms with Crippen molar-refractivity contribution in [2.75, 3.05) is 24.3 Å². The molecule has 4 rings (SSSR count). The van der Waals surface area contributed by atoms with Gasteiger partial charge in [0.25, 0.3) is 5.91 Å². The number of hydrogen-bond acceptors (Lipinski definition) is 4. The van der Waals surface area contributed by atoms with Crippen LogP contribution in [0.25, 0.3) is 0 Å². The molecule has 2 aromatic carbocycles. The first-order valence-electron chi connectivity index (χ1n) is 11.0. The fraction of sp³-hybridized carbons (Fsp3) is 0.391. The van der Waals surface area contributed by atoms with E-state index in [1.165, 1.54) is 18.2 Å². The van der Waals surface area contributed by atoms with Gasteiger partial charge in [0, 0.05) is 40.1 Å². The number of carbonyl (C=O) groups excluding carboxylic acids is 2. The molecular weight excluding hydrogens is 580 g/mol. The van der Waals surface area contributed by atoms with Crippen LogP contribution in [0.4, 0.5) is 10.5 Å². The molecule has 2 saturated heterocycles. The van der Waals surface area contributed by atoms with Crippen LogP contribution in [0, 0.1) is 0 Å². The monoisotopic (exact) mass is 603 g/mol. The molecule has 1 atom stereocenters. The SMILES string of the molecule is CC1(Cc2ccc(Br)cc2)C(=O)N(c2cc(Cl)cc(Cl)c2)C(=O)N1C1CCN(CP(=O)(O)O)CC1. The molecule has 2 heterocycles. The molecule has 1 unspecified atom stereocenters. The van der Waals surface area contributed by atoms with E-state index >= 15 is 0 Å². The van der Waals surface area contributed by atoms with Crippen LogP contribution in [0.1, 0.15) is 25.3 Å². The summed E-state index contributed by atoms with van der Waals surface area (Å²) < 4.78 is 12.3. The highest BCUT2D eigenvalue weighted by molar-refractivity contribution is 9.10. The second-order valence-electron chi connectivity index (χ2n) is 9.15. The summed E-state index contributed by atoms with van der Waals surface area (Å²) in [5, 5.41) is 0.624. The number of carbonyl (C=O) groups is 2. The fourth-order valence-electron chi connectivity index (χ4n) is 4.94. The summed E-state index contributed by atoms with van der Waals surface area (Å²) in [6.45, 7) is 2.58. The van der Waals surface area contributed by atoms with Crippen molar-refractivity contribution in [3.8, 4) is 0 Å². The first kappa shape index (κ1) is 26.6. The number of amides is 3. The van der Waals surface area contributed by atoms with E-state index in [0.29, 0.717) is 48.1 Å². The van der Waals surface area contributed by atoms with Crippen LogP contribution in [0.3, 0.4) is 0 Å². The predicted molar refractivity (Wildman–Crippen MR) is 139 cm³/mol. The van der Waals surface area contributed by atoms with E-state index in [4.69, 9.17) is 23.2 Å². The third-order valence-electron chi connectivity index (χ3n) is 6.47. The van der Waals surface area contributed by atoms with E-state index in [2.05, 4.69) is 15.9 Å². The van der Waals surface area contributed by atoms with Crippen LogP contribution >= 0.6 is 46.7 Å². The van der Waals surface area contributed by atoms with Crippen molar-refractivity contribution in [2.45, 2.75) is 37.8 Å². The molecule has 8 nitrogen and oxygen atoms in total. The maximum atomic E-state index is 13.9. The molecule has 2 fully saturated rings. The van der Waals surface area contributed by atoms with Crippen molar-refractivity contribution in [3.05, 3.63) is 62.5 Å². The topological polar surface area (TPSA) is 101 Å². The number of imide groups is 1. The molecule has 0 radical (unpaired) electrons. The number of benzene rings is 2. The van der Waals surface area contributed by atoms with Crippen molar-refractivity contribution in [3.63, 3.8) is 0 Å². The summed E-state index contributed by atoms with van der Waals surface area (Å²) in [6.07, 6.45) is 0.951. The van der Waals surface area contributed by atoms with Crippen molar-refractivity contribution >= 4 is 64.4 Å². The number of hydrogen-bond donors (Lipinski definition) is 2. The number of anilines is 1. The third kappa shape index (κ3) is 5.77. The molecular formula is C23H25BrCl2N3O5P. The van der Waals surface area contributed by atoms with Gasteiger partial charge >= 0.3 is 13.6 Å². The van der Waals surface area contributed by atoms with Gasteiger partial charge in [0.1, 0.15) is 11.8 Å². The molecule has 0 spiro atoms. The maximum Gasteiger partial charge on any atom is 0.339 e.